The number of anilines is 3. The number of aromatic nitrogens is 1. The highest BCUT2D eigenvalue weighted by atomic mass is 16.3. The third kappa shape index (κ3) is 5.02. The molecule has 4 heteroatoms. The summed E-state index contributed by atoms with van der Waals surface area (Å²) >= 11 is 0. The number of hydrogen-bond acceptors (Lipinski definition) is 3. The molecule has 272 valence electrons. The van der Waals surface area contributed by atoms with Crippen LogP contribution in [0.25, 0.3) is 93.6 Å². The molecule has 3 aromatic heterocycles. The molecular weight excluding hydrogens is 709 g/mol. The largest absolute Gasteiger partial charge is 0.456 e. The van der Waals surface area contributed by atoms with Crippen LogP contribution in [0.2, 0.25) is 0 Å². The van der Waals surface area contributed by atoms with Crippen molar-refractivity contribution in [2.45, 2.75) is 0 Å². The molecule has 12 aromatic rings. The molecule has 4 nitrogen and oxygen atoms in total. The van der Waals surface area contributed by atoms with Crippen LogP contribution in [0.5, 0.6) is 0 Å². The van der Waals surface area contributed by atoms with Gasteiger partial charge in [-0.1, -0.05) is 127 Å². The lowest BCUT2D eigenvalue weighted by Crippen LogP contribution is -2.09. The second kappa shape index (κ2) is 12.9. The molecule has 0 aliphatic rings. The van der Waals surface area contributed by atoms with Gasteiger partial charge in [0.15, 0.2) is 5.58 Å². The van der Waals surface area contributed by atoms with Gasteiger partial charge < -0.3 is 18.3 Å². The summed E-state index contributed by atoms with van der Waals surface area (Å²) in [6.07, 6.45) is 0. The smallest absolute Gasteiger partial charge is 0.161 e. The molecule has 0 amide bonds. The monoisotopic (exact) mass is 742 g/mol. The zero-order valence-electron chi connectivity index (χ0n) is 31.3. The van der Waals surface area contributed by atoms with Gasteiger partial charge in [0.25, 0.3) is 0 Å². The van der Waals surface area contributed by atoms with Gasteiger partial charge in [-0.15, -0.1) is 0 Å². The Balaban J connectivity index is 0.992. The van der Waals surface area contributed by atoms with Crippen LogP contribution in [0.3, 0.4) is 0 Å². The van der Waals surface area contributed by atoms with E-state index in [1.54, 1.807) is 0 Å². The molecule has 0 saturated carbocycles. The minimum Gasteiger partial charge on any atom is -0.456 e. The summed E-state index contributed by atoms with van der Waals surface area (Å²) in [5, 5.41) is 6.86. The number of fused-ring (bicyclic) bond motifs is 9. The minimum atomic E-state index is 0.874. The predicted molar refractivity (Wildman–Crippen MR) is 241 cm³/mol. The maximum atomic E-state index is 6.87. The lowest BCUT2D eigenvalue weighted by Gasteiger charge is -2.26. The van der Waals surface area contributed by atoms with Crippen molar-refractivity contribution in [1.82, 2.24) is 4.57 Å². The Morgan fingerprint density at radius 1 is 0.362 bits per heavy atom. The topological polar surface area (TPSA) is 34.5 Å². The van der Waals surface area contributed by atoms with E-state index in [1.807, 2.05) is 12.1 Å². The van der Waals surface area contributed by atoms with E-state index in [-0.39, 0.29) is 0 Å². The highest BCUT2D eigenvalue weighted by Gasteiger charge is 2.22. The Labute approximate surface area is 334 Å². The first-order chi connectivity index (χ1) is 28.8. The van der Waals surface area contributed by atoms with Crippen LogP contribution < -0.4 is 4.90 Å². The van der Waals surface area contributed by atoms with E-state index in [1.165, 1.54) is 21.9 Å². The molecule has 12 rings (SSSR count). The molecule has 9 aromatic carbocycles. The van der Waals surface area contributed by atoms with Crippen molar-refractivity contribution in [3.05, 3.63) is 206 Å². The van der Waals surface area contributed by atoms with Crippen molar-refractivity contribution in [2.75, 3.05) is 4.90 Å². The van der Waals surface area contributed by atoms with Crippen LogP contribution in [-0.4, -0.2) is 4.57 Å². The van der Waals surface area contributed by atoms with Gasteiger partial charge in [-0.2, -0.15) is 0 Å². The number of furan rings is 2. The molecule has 0 N–H and O–H groups in total. The third-order valence-corrected chi connectivity index (χ3v) is 11.6. The Bertz CT molecular complexity index is 3490. The molecule has 0 bridgehead atoms. The molecule has 0 saturated heterocycles. The number of rotatable bonds is 6. The Morgan fingerprint density at radius 3 is 1.76 bits per heavy atom. The van der Waals surface area contributed by atoms with E-state index in [2.05, 4.69) is 204 Å². The zero-order valence-corrected chi connectivity index (χ0v) is 31.3. The standard InChI is InChI=1S/C54H34N2O2/c1-2-14-38(15-3-1)56-49-22-8-6-18-46(49)54-52(56)47-21-11-20-44(53(47)58-54)37-26-30-40(31-27-37)55(41-32-33-51-48(34-41)45-17-7-9-23-50(45)57-51)39-28-24-36(25-29-39)43-19-10-13-35-12-4-5-16-42(35)43/h1-34H. The second-order valence-corrected chi connectivity index (χ2v) is 14.9. The van der Waals surface area contributed by atoms with Crippen molar-refractivity contribution in [1.29, 1.82) is 0 Å². The lowest BCUT2D eigenvalue weighted by atomic mass is 9.98. The molecule has 58 heavy (non-hydrogen) atoms. The van der Waals surface area contributed by atoms with E-state index in [0.717, 1.165) is 88.8 Å². The van der Waals surface area contributed by atoms with Gasteiger partial charge in [-0.3, -0.25) is 0 Å². The number of benzene rings is 9. The average molecular weight is 743 g/mol. The summed E-state index contributed by atoms with van der Waals surface area (Å²) in [4.78, 5) is 2.33. The average Bonchev–Trinajstić information content (AvgIpc) is 3.96. The molecule has 0 radical (unpaired) electrons. The van der Waals surface area contributed by atoms with E-state index in [4.69, 9.17) is 8.83 Å². The predicted octanol–water partition coefficient (Wildman–Crippen LogP) is 15.4. The first-order valence-corrected chi connectivity index (χ1v) is 19.7. The number of nitrogens with zero attached hydrogens (tertiary/aromatic N) is 2. The van der Waals surface area contributed by atoms with Crippen LogP contribution >= 0.6 is 0 Å². The SMILES string of the molecule is c1ccc(-n2c3ccccc3c3oc4c(-c5ccc(N(c6ccc(-c7cccc8ccccc78)cc6)c6ccc7oc8ccccc8c7c6)cc5)cccc4c32)cc1. The maximum absolute atomic E-state index is 6.87. The summed E-state index contributed by atoms with van der Waals surface area (Å²) < 4.78 is 15.4. The molecule has 0 fully saturated rings. The Hall–Kier alpha value is -7.82. The second-order valence-electron chi connectivity index (χ2n) is 14.9. The number of para-hydroxylation sites is 4. The van der Waals surface area contributed by atoms with Gasteiger partial charge in [0.1, 0.15) is 22.3 Å². The fourth-order valence-corrected chi connectivity index (χ4v) is 8.92. The van der Waals surface area contributed by atoms with Crippen molar-refractivity contribution >= 4 is 82.7 Å². The zero-order chi connectivity index (χ0) is 38.2. The van der Waals surface area contributed by atoms with Gasteiger partial charge in [0, 0.05) is 49.9 Å². The van der Waals surface area contributed by atoms with Crippen LogP contribution in [0, 0.1) is 0 Å². The van der Waals surface area contributed by atoms with Gasteiger partial charge in [-0.05, 0) is 106 Å². The van der Waals surface area contributed by atoms with Gasteiger partial charge in [0.2, 0.25) is 0 Å². The fraction of sp³-hybridized carbons (Fsp3) is 0. The van der Waals surface area contributed by atoms with E-state index in [9.17, 15) is 0 Å². The first-order valence-electron chi connectivity index (χ1n) is 19.7. The van der Waals surface area contributed by atoms with E-state index < -0.39 is 0 Å². The summed E-state index contributed by atoms with van der Waals surface area (Å²) in [6, 6.07) is 73.1. The summed E-state index contributed by atoms with van der Waals surface area (Å²) in [5.41, 5.74) is 14.6. The van der Waals surface area contributed by atoms with Crippen molar-refractivity contribution in [3.8, 4) is 27.9 Å². The molecule has 0 unspecified atom stereocenters. The highest BCUT2D eigenvalue weighted by molar-refractivity contribution is 6.18. The quantitative estimate of drug-likeness (QED) is 0.170. The van der Waals surface area contributed by atoms with Gasteiger partial charge in [-0.25, -0.2) is 0 Å². The van der Waals surface area contributed by atoms with Crippen LogP contribution in [0.1, 0.15) is 0 Å². The third-order valence-electron chi connectivity index (χ3n) is 11.6. The first kappa shape index (κ1) is 32.4. The normalized spacial score (nSPS) is 11.8. The maximum Gasteiger partial charge on any atom is 0.161 e. The lowest BCUT2D eigenvalue weighted by molar-refractivity contribution is 0.669. The Morgan fingerprint density at radius 2 is 0.948 bits per heavy atom. The van der Waals surface area contributed by atoms with Gasteiger partial charge >= 0.3 is 0 Å². The minimum absolute atomic E-state index is 0.874. The van der Waals surface area contributed by atoms with Crippen LogP contribution in [-0.2, 0) is 0 Å². The summed E-state index contributed by atoms with van der Waals surface area (Å²) in [5.74, 6) is 0. The fourth-order valence-electron chi connectivity index (χ4n) is 8.92. The molecule has 0 spiro atoms. The van der Waals surface area contributed by atoms with Crippen LogP contribution in [0.15, 0.2) is 215 Å². The van der Waals surface area contributed by atoms with Crippen molar-refractivity contribution in [3.63, 3.8) is 0 Å². The molecular formula is C54H34N2O2. The summed E-state index contributed by atoms with van der Waals surface area (Å²) in [6.45, 7) is 0. The van der Waals surface area contributed by atoms with Crippen molar-refractivity contribution < 1.29 is 8.83 Å². The van der Waals surface area contributed by atoms with Gasteiger partial charge in [0.05, 0.1) is 5.52 Å². The summed E-state index contributed by atoms with van der Waals surface area (Å²) in [7, 11) is 0. The Kier molecular flexibility index (Phi) is 7.20. The molecule has 3 heterocycles. The van der Waals surface area contributed by atoms with E-state index >= 15 is 0 Å². The highest BCUT2D eigenvalue weighted by Crippen LogP contribution is 2.44. The molecule has 0 atom stereocenters. The van der Waals surface area contributed by atoms with Crippen LogP contribution in [0.4, 0.5) is 17.1 Å². The van der Waals surface area contributed by atoms with E-state index in [0.29, 0.717) is 0 Å². The molecule has 0 aliphatic carbocycles. The van der Waals surface area contributed by atoms with Crippen molar-refractivity contribution in [2.24, 2.45) is 0 Å². The molecule has 0 aliphatic heterocycles. The number of hydrogen-bond donors (Lipinski definition) is 0.